The third kappa shape index (κ3) is 3.96. The SMILES string of the molecule is CN1CC[C@]23CCCC[C@H]2[C@H]1Cc1c3ccc2nc(N)sc12.CN1CC[C@]23CCCC[C@H]2[C@H]1Cc1cc2sc(N)nc2cc13. The van der Waals surface area contributed by atoms with Crippen LogP contribution in [0.15, 0.2) is 24.3 Å². The van der Waals surface area contributed by atoms with Crippen molar-refractivity contribution in [2.75, 3.05) is 38.7 Å². The van der Waals surface area contributed by atoms with Gasteiger partial charge in [-0.15, -0.1) is 0 Å². The first-order chi connectivity index (χ1) is 21.4. The molecule has 2 aromatic heterocycles. The number of nitrogen functional groups attached to an aromatic ring is 2. The number of fused-ring (bicyclic) bond motifs is 5. The molecule has 4 bridgehead atoms. The number of nitrogens with two attached hydrogens (primary N) is 2. The van der Waals surface area contributed by atoms with E-state index in [9.17, 15) is 0 Å². The number of nitrogens with zero attached hydrogens (tertiary/aromatic N) is 4. The summed E-state index contributed by atoms with van der Waals surface area (Å²) in [5.41, 5.74) is 21.5. The van der Waals surface area contributed by atoms with Crippen LogP contribution in [0.3, 0.4) is 0 Å². The van der Waals surface area contributed by atoms with Gasteiger partial charge < -0.3 is 21.3 Å². The van der Waals surface area contributed by atoms with Crippen LogP contribution in [0.4, 0.5) is 10.3 Å². The van der Waals surface area contributed by atoms with E-state index in [0.29, 0.717) is 21.1 Å². The van der Waals surface area contributed by atoms with E-state index in [4.69, 9.17) is 11.5 Å². The van der Waals surface area contributed by atoms with E-state index < -0.39 is 0 Å². The Morgan fingerprint density at radius 2 is 1.36 bits per heavy atom. The second kappa shape index (κ2) is 10.1. The second-order valence-electron chi connectivity index (χ2n) is 15.0. The van der Waals surface area contributed by atoms with Gasteiger partial charge in [-0.1, -0.05) is 54.4 Å². The predicted molar refractivity (Wildman–Crippen MR) is 185 cm³/mol. The Bertz CT molecular complexity index is 1740. The largest absolute Gasteiger partial charge is 0.375 e. The van der Waals surface area contributed by atoms with Crippen molar-refractivity contribution in [2.45, 2.75) is 100.0 Å². The van der Waals surface area contributed by atoms with Crippen molar-refractivity contribution in [1.82, 2.24) is 19.8 Å². The number of hydrogen-bond donors (Lipinski definition) is 2. The highest BCUT2D eigenvalue weighted by Crippen LogP contribution is 2.58. The van der Waals surface area contributed by atoms with Gasteiger partial charge in [0.25, 0.3) is 0 Å². The van der Waals surface area contributed by atoms with E-state index in [1.54, 1.807) is 44.9 Å². The van der Waals surface area contributed by atoms with E-state index >= 15 is 0 Å². The van der Waals surface area contributed by atoms with E-state index in [-0.39, 0.29) is 0 Å². The molecule has 44 heavy (non-hydrogen) atoms. The highest BCUT2D eigenvalue weighted by Gasteiger charge is 2.54. The quantitative estimate of drug-likeness (QED) is 0.216. The standard InChI is InChI=1S/2C18H23N3S/c1-21-9-8-18-7-3-2-4-13(18)15(21)10-11-12(18)5-6-14-16(11)22-17(19)20-14;1-21-7-6-18-5-3-2-4-12(18)15(21)8-11-9-16-14(10-13(11)18)20-17(19)22-16/h5-6,13,15H,2-4,7-10H2,1H3,(H2,19,20);9-10,12,15H,2-8H2,1H3,(H2,19,20)/t13-,15+,18-;12-,15+,18+/m00/s1. The van der Waals surface area contributed by atoms with Crippen LogP contribution >= 0.6 is 22.7 Å². The number of anilines is 2. The molecule has 4 heterocycles. The molecule has 8 heteroatoms. The van der Waals surface area contributed by atoms with Crippen LogP contribution in [-0.2, 0) is 23.7 Å². The first kappa shape index (κ1) is 28.0. The number of aromatic nitrogens is 2. The van der Waals surface area contributed by atoms with Crippen molar-refractivity contribution in [3.05, 3.63) is 46.5 Å². The van der Waals surface area contributed by atoms with Gasteiger partial charge in [0.15, 0.2) is 10.3 Å². The predicted octanol–water partition coefficient (Wildman–Crippen LogP) is 7.13. The molecule has 0 amide bonds. The zero-order valence-corrected chi connectivity index (χ0v) is 27.9. The lowest BCUT2D eigenvalue weighted by atomic mass is 9.52. The van der Waals surface area contributed by atoms with E-state index in [1.165, 1.54) is 99.5 Å². The molecule has 0 radical (unpaired) electrons. The number of thiazole rings is 2. The number of likely N-dealkylation sites (N-methyl/N-ethyl adjacent to an activating group) is 2. The molecule has 2 saturated heterocycles. The lowest BCUT2D eigenvalue weighted by Crippen LogP contribution is -2.59. The Kier molecular flexibility index (Phi) is 6.44. The smallest absolute Gasteiger partial charge is 0.181 e. The molecule has 4 fully saturated rings. The fourth-order valence-electron chi connectivity index (χ4n) is 11.3. The normalized spacial score (nSPS) is 34.4. The van der Waals surface area contributed by atoms with Gasteiger partial charge in [-0.25, -0.2) is 9.97 Å². The highest BCUT2D eigenvalue weighted by molar-refractivity contribution is 7.22. The molecule has 2 aromatic carbocycles. The molecule has 10 rings (SSSR count). The van der Waals surface area contributed by atoms with Crippen molar-refractivity contribution in [1.29, 1.82) is 0 Å². The minimum absolute atomic E-state index is 0.426. The molecule has 6 aliphatic rings. The van der Waals surface area contributed by atoms with Crippen LogP contribution in [-0.4, -0.2) is 59.0 Å². The molecular weight excluding hydrogens is 581 g/mol. The van der Waals surface area contributed by atoms with Gasteiger partial charge in [0.2, 0.25) is 0 Å². The maximum absolute atomic E-state index is 5.99. The minimum atomic E-state index is 0.426. The Labute approximate surface area is 269 Å². The van der Waals surface area contributed by atoms with Crippen LogP contribution < -0.4 is 11.5 Å². The Morgan fingerprint density at radius 1 is 0.727 bits per heavy atom. The van der Waals surface area contributed by atoms with Gasteiger partial charge in [0.05, 0.1) is 20.4 Å². The van der Waals surface area contributed by atoms with Gasteiger partial charge in [0, 0.05) is 22.9 Å². The molecule has 4 aliphatic carbocycles. The van der Waals surface area contributed by atoms with Crippen molar-refractivity contribution in [3.8, 4) is 0 Å². The highest BCUT2D eigenvalue weighted by atomic mass is 32.1. The molecular formula is C36H46N6S2. The lowest BCUT2D eigenvalue weighted by molar-refractivity contribution is 0.00298. The van der Waals surface area contributed by atoms with Gasteiger partial charge in [-0.2, -0.15) is 0 Å². The second-order valence-corrected chi connectivity index (χ2v) is 17.1. The van der Waals surface area contributed by atoms with Crippen LogP contribution in [0.5, 0.6) is 0 Å². The first-order valence-electron chi connectivity index (χ1n) is 17.1. The summed E-state index contributed by atoms with van der Waals surface area (Å²) in [7, 11) is 4.66. The third-order valence-electron chi connectivity index (χ3n) is 13.3. The molecule has 4 N–H and O–H groups in total. The molecule has 6 atom stereocenters. The molecule has 0 spiro atoms. The topological polar surface area (TPSA) is 84.3 Å². The fourth-order valence-corrected chi connectivity index (χ4v) is 13.0. The maximum Gasteiger partial charge on any atom is 0.181 e. The van der Waals surface area contributed by atoms with Gasteiger partial charge in [0.1, 0.15) is 0 Å². The Balaban J connectivity index is 0.000000123. The first-order valence-corrected chi connectivity index (χ1v) is 18.8. The summed E-state index contributed by atoms with van der Waals surface area (Å²) in [5, 5.41) is 1.42. The summed E-state index contributed by atoms with van der Waals surface area (Å²) in [6.07, 6.45) is 16.3. The number of likely N-dealkylation sites (tertiary alicyclic amines) is 2. The van der Waals surface area contributed by atoms with Crippen molar-refractivity contribution >= 4 is 53.4 Å². The average Bonchev–Trinajstić information content (AvgIpc) is 3.60. The number of hydrogen-bond acceptors (Lipinski definition) is 8. The lowest BCUT2D eigenvalue weighted by Gasteiger charge is -2.58. The summed E-state index contributed by atoms with van der Waals surface area (Å²) in [6, 6.07) is 10.9. The van der Waals surface area contributed by atoms with Crippen LogP contribution in [0.2, 0.25) is 0 Å². The summed E-state index contributed by atoms with van der Waals surface area (Å²) in [4.78, 5) is 14.3. The summed E-state index contributed by atoms with van der Waals surface area (Å²) in [6.45, 7) is 2.50. The average molecular weight is 627 g/mol. The summed E-state index contributed by atoms with van der Waals surface area (Å²) in [5.74, 6) is 1.70. The minimum Gasteiger partial charge on any atom is -0.375 e. The van der Waals surface area contributed by atoms with Crippen LogP contribution in [0.25, 0.3) is 20.4 Å². The molecule has 4 aromatic rings. The summed E-state index contributed by atoms with van der Waals surface area (Å²) < 4.78 is 2.63. The molecule has 232 valence electrons. The van der Waals surface area contributed by atoms with E-state index in [0.717, 1.165) is 35.0 Å². The van der Waals surface area contributed by atoms with Crippen molar-refractivity contribution in [3.63, 3.8) is 0 Å². The van der Waals surface area contributed by atoms with Crippen LogP contribution in [0, 0.1) is 11.8 Å². The zero-order valence-electron chi connectivity index (χ0n) is 26.3. The summed E-state index contributed by atoms with van der Waals surface area (Å²) >= 11 is 3.32. The van der Waals surface area contributed by atoms with Gasteiger partial charge >= 0.3 is 0 Å². The number of rotatable bonds is 0. The maximum atomic E-state index is 5.99. The Hall–Kier alpha value is -2.26. The van der Waals surface area contributed by atoms with E-state index in [2.05, 4.69) is 58.1 Å². The Morgan fingerprint density at radius 3 is 2.09 bits per heavy atom. The van der Waals surface area contributed by atoms with Crippen molar-refractivity contribution < 1.29 is 0 Å². The van der Waals surface area contributed by atoms with E-state index in [1.807, 2.05) is 0 Å². The molecule has 0 unspecified atom stereocenters. The number of benzene rings is 2. The molecule has 6 nitrogen and oxygen atoms in total. The van der Waals surface area contributed by atoms with Gasteiger partial charge in [-0.3, -0.25) is 0 Å². The fraction of sp³-hybridized carbons (Fsp3) is 0.611. The monoisotopic (exact) mass is 626 g/mol. The third-order valence-corrected chi connectivity index (χ3v) is 15.1. The molecule has 2 saturated carbocycles. The van der Waals surface area contributed by atoms with Crippen molar-refractivity contribution in [2.24, 2.45) is 11.8 Å². The number of piperidine rings is 2. The van der Waals surface area contributed by atoms with Gasteiger partial charge in [-0.05, 0) is 131 Å². The zero-order chi connectivity index (χ0) is 29.8. The molecule has 2 aliphatic heterocycles. The van der Waals surface area contributed by atoms with Crippen LogP contribution in [0.1, 0.15) is 86.5 Å².